The number of hydrazine groups is 1. The second-order valence-corrected chi connectivity index (χ2v) is 4.09. The highest BCUT2D eigenvalue weighted by Gasteiger charge is 2.34. The summed E-state index contributed by atoms with van der Waals surface area (Å²) in [6.07, 6.45) is 3.54. The molecule has 6 nitrogen and oxygen atoms in total. The van der Waals surface area contributed by atoms with E-state index in [0.717, 1.165) is 12.8 Å². The topological polar surface area (TPSA) is 71.8 Å². The summed E-state index contributed by atoms with van der Waals surface area (Å²) in [5.74, 6) is 0.460. The van der Waals surface area contributed by atoms with Crippen molar-refractivity contribution < 1.29 is 0 Å². The van der Waals surface area contributed by atoms with Crippen molar-refractivity contribution in [3.63, 3.8) is 0 Å². The molecule has 0 saturated heterocycles. The molecule has 1 aromatic heterocycles. The Balaban J connectivity index is 2.42. The van der Waals surface area contributed by atoms with Gasteiger partial charge in [0.25, 0.3) is 5.56 Å². The van der Waals surface area contributed by atoms with Gasteiger partial charge < -0.3 is 0 Å². The number of anilines is 1. The number of hydrogen-bond donors (Lipinski definition) is 2. The monoisotopic (exact) mass is 221 g/mol. The second-order valence-electron chi connectivity index (χ2n) is 4.09. The summed E-state index contributed by atoms with van der Waals surface area (Å²) in [6.45, 7) is 7.36. The van der Waals surface area contributed by atoms with Crippen molar-refractivity contribution in [3.8, 4) is 0 Å². The Morgan fingerprint density at radius 2 is 2.38 bits per heavy atom. The number of nitrogens with one attached hydrogen (secondary N) is 2. The van der Waals surface area contributed by atoms with E-state index in [0.29, 0.717) is 11.6 Å². The Labute approximate surface area is 93.4 Å². The van der Waals surface area contributed by atoms with Gasteiger partial charge in [0.05, 0.1) is 0 Å². The molecular formula is C10H15N5O. The number of fused-ring (bicyclic) bond motifs is 1. The van der Waals surface area contributed by atoms with Crippen molar-refractivity contribution in [1.29, 1.82) is 0 Å². The van der Waals surface area contributed by atoms with Crippen LogP contribution in [0.3, 0.4) is 0 Å². The van der Waals surface area contributed by atoms with Crippen LogP contribution >= 0.6 is 0 Å². The average Bonchev–Trinajstić information content (AvgIpc) is 2.56. The molecule has 1 unspecified atom stereocenters. The van der Waals surface area contributed by atoms with Crippen LogP contribution in [0.2, 0.25) is 0 Å². The number of rotatable bonds is 3. The highest BCUT2D eigenvalue weighted by atomic mass is 16.1. The zero-order valence-electron chi connectivity index (χ0n) is 9.45. The summed E-state index contributed by atoms with van der Waals surface area (Å²) in [6, 6.07) is 0. The fourth-order valence-corrected chi connectivity index (χ4v) is 1.68. The quantitative estimate of drug-likeness (QED) is 0.728. The maximum Gasteiger partial charge on any atom is 0.296 e. The van der Waals surface area contributed by atoms with Crippen molar-refractivity contribution in [2.75, 3.05) is 5.43 Å². The smallest absolute Gasteiger partial charge is 0.288 e. The molecule has 0 aliphatic carbocycles. The third kappa shape index (κ3) is 1.61. The molecule has 6 heteroatoms. The lowest BCUT2D eigenvalue weighted by atomic mass is 10.1. The van der Waals surface area contributed by atoms with Gasteiger partial charge in [-0.2, -0.15) is 10.1 Å². The number of hydrogen-bond acceptors (Lipinski definition) is 5. The molecule has 0 amide bonds. The third-order valence-electron chi connectivity index (χ3n) is 2.71. The van der Waals surface area contributed by atoms with E-state index < -0.39 is 0 Å². The van der Waals surface area contributed by atoms with Gasteiger partial charge >= 0.3 is 0 Å². The van der Waals surface area contributed by atoms with Crippen LogP contribution in [0.5, 0.6) is 0 Å². The first kappa shape index (κ1) is 10.8. The Bertz CT molecular complexity index is 481. The van der Waals surface area contributed by atoms with Crippen LogP contribution in [-0.2, 0) is 5.66 Å². The zero-order valence-corrected chi connectivity index (χ0v) is 9.45. The first-order chi connectivity index (χ1) is 7.57. The molecule has 0 spiro atoms. The van der Waals surface area contributed by atoms with E-state index in [2.05, 4.69) is 27.5 Å². The summed E-state index contributed by atoms with van der Waals surface area (Å²) >= 11 is 0. The maximum absolute atomic E-state index is 11.3. The van der Waals surface area contributed by atoms with E-state index in [4.69, 9.17) is 0 Å². The average molecular weight is 221 g/mol. The van der Waals surface area contributed by atoms with Gasteiger partial charge in [0.1, 0.15) is 11.4 Å². The van der Waals surface area contributed by atoms with E-state index >= 15 is 0 Å². The van der Waals surface area contributed by atoms with Crippen LogP contribution in [0.15, 0.2) is 17.4 Å². The molecule has 0 aromatic carbocycles. The summed E-state index contributed by atoms with van der Waals surface area (Å²) in [5.41, 5.74) is 5.70. The van der Waals surface area contributed by atoms with E-state index in [1.165, 1.54) is 0 Å². The normalized spacial score (nSPS) is 22.6. The van der Waals surface area contributed by atoms with Gasteiger partial charge in [-0.1, -0.05) is 6.08 Å². The van der Waals surface area contributed by atoms with Gasteiger partial charge in [-0.3, -0.25) is 10.2 Å². The number of allylic oxidation sites excluding steroid dienone is 1. The Kier molecular flexibility index (Phi) is 2.51. The Morgan fingerprint density at radius 3 is 3.06 bits per heavy atom. The van der Waals surface area contributed by atoms with Gasteiger partial charge in [-0.05, 0) is 26.7 Å². The van der Waals surface area contributed by atoms with Crippen LogP contribution in [0.1, 0.15) is 25.5 Å². The summed E-state index contributed by atoms with van der Waals surface area (Å²) in [4.78, 5) is 15.2. The van der Waals surface area contributed by atoms with Crippen LogP contribution in [0, 0.1) is 6.92 Å². The van der Waals surface area contributed by atoms with Gasteiger partial charge in [-0.15, -0.1) is 6.58 Å². The highest BCUT2D eigenvalue weighted by molar-refractivity contribution is 5.28. The van der Waals surface area contributed by atoms with E-state index in [9.17, 15) is 4.79 Å². The Morgan fingerprint density at radius 1 is 1.62 bits per heavy atom. The first-order valence-corrected chi connectivity index (χ1v) is 5.19. The number of nitrogens with zero attached hydrogens (tertiary/aromatic N) is 3. The molecule has 2 rings (SSSR count). The number of aryl methyl sites for hydroxylation is 1. The minimum atomic E-state index is -0.366. The highest BCUT2D eigenvalue weighted by Crippen LogP contribution is 2.25. The minimum Gasteiger partial charge on any atom is -0.288 e. The summed E-state index contributed by atoms with van der Waals surface area (Å²) in [7, 11) is 0. The fraction of sp³-hybridized carbons (Fsp3) is 0.500. The molecule has 0 saturated carbocycles. The summed E-state index contributed by atoms with van der Waals surface area (Å²) < 4.78 is 1.72. The molecule has 16 heavy (non-hydrogen) atoms. The molecule has 86 valence electrons. The van der Waals surface area contributed by atoms with Crippen molar-refractivity contribution >= 4 is 5.95 Å². The molecule has 1 aliphatic heterocycles. The SMILES string of the molecule is C=CCCC1(C)NNc2nc(=O)c(C)nn21. The zero-order chi connectivity index (χ0) is 11.8. The molecule has 1 atom stereocenters. The van der Waals surface area contributed by atoms with Gasteiger partial charge in [-0.25, -0.2) is 10.1 Å². The Hall–Kier alpha value is -1.69. The van der Waals surface area contributed by atoms with Gasteiger partial charge in [0.15, 0.2) is 0 Å². The molecule has 2 N–H and O–H groups in total. The van der Waals surface area contributed by atoms with E-state index in [1.54, 1.807) is 11.6 Å². The van der Waals surface area contributed by atoms with Crippen molar-refractivity contribution in [2.24, 2.45) is 0 Å². The molecule has 2 heterocycles. The van der Waals surface area contributed by atoms with Crippen LogP contribution in [0.4, 0.5) is 5.95 Å². The van der Waals surface area contributed by atoms with Crippen LogP contribution in [-0.4, -0.2) is 14.8 Å². The molecule has 1 aromatic rings. The van der Waals surface area contributed by atoms with Gasteiger partial charge in [0.2, 0.25) is 5.95 Å². The first-order valence-electron chi connectivity index (χ1n) is 5.19. The minimum absolute atomic E-state index is 0.298. The standard InChI is InChI=1S/C10H15N5O/c1-4-5-6-10(3)14-12-9-11-8(16)7(2)13-15(9)10/h4,14H,1,5-6H2,2-3H3,(H,11,12,16). The fourth-order valence-electron chi connectivity index (χ4n) is 1.68. The van der Waals surface area contributed by atoms with Gasteiger partial charge in [0, 0.05) is 0 Å². The van der Waals surface area contributed by atoms with Crippen molar-refractivity contribution in [3.05, 3.63) is 28.7 Å². The van der Waals surface area contributed by atoms with E-state index in [-0.39, 0.29) is 11.2 Å². The molecule has 1 aliphatic rings. The molecular weight excluding hydrogens is 206 g/mol. The predicted molar refractivity (Wildman–Crippen MR) is 60.9 cm³/mol. The second kappa shape index (κ2) is 3.71. The third-order valence-corrected chi connectivity index (χ3v) is 2.71. The lowest BCUT2D eigenvalue weighted by Crippen LogP contribution is -2.41. The van der Waals surface area contributed by atoms with E-state index in [1.807, 2.05) is 13.0 Å². The van der Waals surface area contributed by atoms with Crippen molar-refractivity contribution in [1.82, 2.24) is 20.2 Å². The molecule has 0 bridgehead atoms. The van der Waals surface area contributed by atoms with Crippen LogP contribution < -0.4 is 16.4 Å². The summed E-state index contributed by atoms with van der Waals surface area (Å²) in [5, 5.41) is 4.24. The lowest BCUT2D eigenvalue weighted by molar-refractivity contribution is 0.246. The van der Waals surface area contributed by atoms with Crippen LogP contribution in [0.25, 0.3) is 0 Å². The largest absolute Gasteiger partial charge is 0.296 e. The number of aromatic nitrogens is 3. The van der Waals surface area contributed by atoms with Crippen molar-refractivity contribution in [2.45, 2.75) is 32.4 Å². The molecule has 0 radical (unpaired) electrons. The lowest BCUT2D eigenvalue weighted by Gasteiger charge is -2.24. The predicted octanol–water partition coefficient (Wildman–Crippen LogP) is 0.516. The maximum atomic E-state index is 11.3. The molecule has 0 fully saturated rings.